The van der Waals surface area contributed by atoms with Crippen molar-refractivity contribution < 1.29 is 10.1 Å². The highest BCUT2D eigenvalue weighted by Gasteiger charge is 2.17. The van der Waals surface area contributed by atoms with E-state index >= 15 is 0 Å². The summed E-state index contributed by atoms with van der Waals surface area (Å²) in [5.74, 6) is 0. The third-order valence-corrected chi connectivity index (χ3v) is 1.10. The van der Waals surface area contributed by atoms with E-state index in [0.717, 1.165) is 5.57 Å². The minimum Gasteiger partial charge on any atom is -0.251 e. The lowest BCUT2D eigenvalue weighted by molar-refractivity contribution is -0.262. The maximum atomic E-state index is 7.98. The van der Waals surface area contributed by atoms with E-state index in [1.807, 2.05) is 13.0 Å². The second-order valence-electron chi connectivity index (χ2n) is 1.63. The fraction of sp³-hybridized carbons (Fsp3) is 0.400. The van der Waals surface area contributed by atoms with E-state index < -0.39 is 0 Å². The Morgan fingerprint density at radius 2 is 2.57 bits per heavy atom. The molecule has 1 N–H and O–H groups in total. The van der Waals surface area contributed by atoms with Crippen molar-refractivity contribution in [1.29, 1.82) is 0 Å². The highest BCUT2D eigenvalue weighted by molar-refractivity contribution is 5.28. The van der Waals surface area contributed by atoms with Crippen LogP contribution in [0.2, 0.25) is 0 Å². The fourth-order valence-corrected chi connectivity index (χ4v) is 0.486. The van der Waals surface area contributed by atoms with Crippen LogP contribution in [-0.2, 0) is 4.89 Å². The van der Waals surface area contributed by atoms with Gasteiger partial charge in [-0.2, -0.15) is 0 Å². The van der Waals surface area contributed by atoms with Gasteiger partial charge in [-0.3, -0.25) is 5.26 Å². The molecule has 0 aromatic heterocycles. The molecule has 1 aliphatic rings. The van der Waals surface area contributed by atoms with E-state index in [2.05, 4.69) is 4.89 Å². The van der Waals surface area contributed by atoms with Gasteiger partial charge in [-0.05, 0) is 12.5 Å². The minimum absolute atomic E-state index is 0.125. The van der Waals surface area contributed by atoms with Crippen molar-refractivity contribution in [3.8, 4) is 0 Å². The molecule has 0 aromatic rings. The number of hydrogen-bond donors (Lipinski definition) is 1. The van der Waals surface area contributed by atoms with Crippen molar-refractivity contribution in [3.63, 3.8) is 0 Å². The van der Waals surface area contributed by atoms with Crippen molar-refractivity contribution in [2.75, 3.05) is 0 Å². The van der Waals surface area contributed by atoms with Crippen molar-refractivity contribution >= 4 is 0 Å². The van der Waals surface area contributed by atoms with Crippen LogP contribution in [0.5, 0.6) is 0 Å². The maximum absolute atomic E-state index is 7.98. The molecule has 0 saturated carbocycles. The van der Waals surface area contributed by atoms with Gasteiger partial charge in [0.15, 0.2) is 0 Å². The zero-order chi connectivity index (χ0) is 5.28. The van der Waals surface area contributed by atoms with E-state index in [1.54, 1.807) is 6.42 Å². The molecular weight excluding hydrogens is 92.1 g/mol. The first-order chi connectivity index (χ1) is 3.34. The molecule has 0 heterocycles. The first kappa shape index (κ1) is 4.81. The summed E-state index contributed by atoms with van der Waals surface area (Å²) in [6.07, 6.45) is 3.57. The second-order valence-corrected chi connectivity index (χ2v) is 1.63. The Bertz CT molecular complexity index is 96.3. The lowest BCUT2D eigenvalue weighted by Crippen LogP contribution is -2.19. The van der Waals surface area contributed by atoms with Crippen LogP contribution in [0.25, 0.3) is 0 Å². The minimum atomic E-state index is -0.125. The van der Waals surface area contributed by atoms with Gasteiger partial charge in [-0.15, -0.1) is 0 Å². The molecule has 0 aromatic carbocycles. The molecule has 1 rings (SSSR count). The van der Waals surface area contributed by atoms with Gasteiger partial charge in [0.25, 0.3) is 0 Å². The highest BCUT2D eigenvalue weighted by atomic mass is 17.1. The van der Waals surface area contributed by atoms with Crippen LogP contribution >= 0.6 is 0 Å². The Hall–Kier alpha value is -0.340. The molecule has 1 aliphatic carbocycles. The van der Waals surface area contributed by atoms with Crippen LogP contribution in [0.15, 0.2) is 11.6 Å². The first-order valence-corrected chi connectivity index (χ1v) is 2.16. The second kappa shape index (κ2) is 1.64. The largest absolute Gasteiger partial charge is 0.251 e. The normalized spacial score (nSPS) is 28.9. The molecule has 1 radical (unpaired) electrons. The topological polar surface area (TPSA) is 29.5 Å². The smallest absolute Gasteiger partial charge is 0.120 e. The molecule has 39 valence electrons. The van der Waals surface area contributed by atoms with Crippen LogP contribution in [0.1, 0.15) is 6.92 Å². The van der Waals surface area contributed by atoms with Gasteiger partial charge in [0.05, 0.1) is 0 Å². The van der Waals surface area contributed by atoms with Gasteiger partial charge in [0.1, 0.15) is 6.10 Å². The molecule has 0 bridgehead atoms. The van der Waals surface area contributed by atoms with Gasteiger partial charge < -0.3 is 0 Å². The molecule has 2 heteroatoms. The standard InChI is InChI=1S/C5H7O2/c1-4-2-3-5(4)7-6/h2-3,5-6H,1H3. The van der Waals surface area contributed by atoms with E-state index in [1.165, 1.54) is 0 Å². The molecule has 0 fully saturated rings. The van der Waals surface area contributed by atoms with Crippen molar-refractivity contribution in [1.82, 2.24) is 0 Å². The Morgan fingerprint density at radius 1 is 1.86 bits per heavy atom. The monoisotopic (exact) mass is 99.0 g/mol. The third kappa shape index (κ3) is 0.667. The van der Waals surface area contributed by atoms with E-state index in [4.69, 9.17) is 5.26 Å². The van der Waals surface area contributed by atoms with Crippen LogP contribution in [-0.4, -0.2) is 11.4 Å². The van der Waals surface area contributed by atoms with Gasteiger partial charge in [0, 0.05) is 6.42 Å². The zero-order valence-electron chi connectivity index (χ0n) is 4.09. The summed E-state index contributed by atoms with van der Waals surface area (Å²) in [6, 6.07) is 0. The fourth-order valence-electron chi connectivity index (χ4n) is 0.486. The summed E-state index contributed by atoms with van der Waals surface area (Å²) in [5.41, 5.74) is 1.07. The summed E-state index contributed by atoms with van der Waals surface area (Å²) >= 11 is 0. The highest BCUT2D eigenvalue weighted by Crippen LogP contribution is 2.18. The first-order valence-electron chi connectivity index (χ1n) is 2.16. The summed E-state index contributed by atoms with van der Waals surface area (Å²) in [5, 5.41) is 7.98. The molecule has 1 unspecified atom stereocenters. The Kier molecular flexibility index (Phi) is 1.13. The van der Waals surface area contributed by atoms with Gasteiger partial charge in [-0.25, -0.2) is 4.89 Å². The van der Waals surface area contributed by atoms with Crippen LogP contribution in [0.3, 0.4) is 0 Å². The summed E-state index contributed by atoms with van der Waals surface area (Å²) in [6.45, 7) is 1.90. The average Bonchev–Trinajstić information content (AvgIpc) is 1.65. The third-order valence-electron chi connectivity index (χ3n) is 1.10. The molecule has 0 amide bonds. The number of hydrogen-bond acceptors (Lipinski definition) is 2. The molecule has 0 aliphatic heterocycles. The predicted octanol–water partition coefficient (Wildman–Crippen LogP) is 1.01. The molecule has 2 nitrogen and oxygen atoms in total. The van der Waals surface area contributed by atoms with Crippen LogP contribution in [0.4, 0.5) is 0 Å². The molecule has 0 spiro atoms. The van der Waals surface area contributed by atoms with E-state index in [0.29, 0.717) is 0 Å². The quantitative estimate of drug-likeness (QED) is 0.392. The predicted molar refractivity (Wildman–Crippen MR) is 25.6 cm³/mol. The van der Waals surface area contributed by atoms with Crippen molar-refractivity contribution in [3.05, 3.63) is 18.1 Å². The Labute approximate surface area is 42.3 Å². The molecule has 1 atom stereocenters. The molecule has 0 saturated heterocycles. The van der Waals surface area contributed by atoms with Crippen molar-refractivity contribution in [2.24, 2.45) is 0 Å². The lowest BCUT2D eigenvalue weighted by Gasteiger charge is -2.19. The van der Waals surface area contributed by atoms with Gasteiger partial charge in [-0.1, -0.05) is 6.08 Å². The average molecular weight is 99.1 g/mol. The van der Waals surface area contributed by atoms with Crippen molar-refractivity contribution in [2.45, 2.75) is 13.0 Å². The van der Waals surface area contributed by atoms with E-state index in [-0.39, 0.29) is 6.10 Å². The van der Waals surface area contributed by atoms with Crippen LogP contribution < -0.4 is 0 Å². The Morgan fingerprint density at radius 3 is 2.57 bits per heavy atom. The van der Waals surface area contributed by atoms with Gasteiger partial charge in [0.2, 0.25) is 0 Å². The molecular formula is C5H7O2. The zero-order valence-corrected chi connectivity index (χ0v) is 4.09. The number of rotatable bonds is 1. The molecule has 7 heavy (non-hydrogen) atoms. The lowest BCUT2D eigenvalue weighted by atomic mass is 9.97. The Balaban J connectivity index is 2.37. The van der Waals surface area contributed by atoms with Gasteiger partial charge >= 0.3 is 0 Å². The summed E-state index contributed by atoms with van der Waals surface area (Å²) in [7, 11) is 0. The summed E-state index contributed by atoms with van der Waals surface area (Å²) < 4.78 is 0. The summed E-state index contributed by atoms with van der Waals surface area (Å²) in [4.78, 5) is 3.97. The van der Waals surface area contributed by atoms with Crippen LogP contribution in [0, 0.1) is 6.42 Å². The maximum Gasteiger partial charge on any atom is 0.120 e. The SMILES string of the molecule is CC1=C[CH]C1OO. The van der Waals surface area contributed by atoms with E-state index in [9.17, 15) is 0 Å².